The van der Waals surface area contributed by atoms with E-state index in [0.717, 1.165) is 12.1 Å². The van der Waals surface area contributed by atoms with Crippen LogP contribution in [0.1, 0.15) is 18.7 Å². The van der Waals surface area contributed by atoms with Crippen LogP contribution in [0, 0.1) is 5.82 Å². The van der Waals surface area contributed by atoms with Crippen molar-refractivity contribution >= 4 is 37.0 Å². The van der Waals surface area contributed by atoms with E-state index in [4.69, 9.17) is 16.6 Å². The first-order valence-corrected chi connectivity index (χ1v) is 12.8. The number of fused-ring (bicyclic) bond motifs is 1. The number of hydrogen-bond acceptors (Lipinski definition) is 11. The average molecular weight is 515 g/mol. The molecule has 0 aliphatic carbocycles. The quantitative estimate of drug-likeness (QED) is 0.173. The fraction of sp³-hybridized carbons (Fsp3) is 0.235. The van der Waals surface area contributed by atoms with Crippen LogP contribution in [0.15, 0.2) is 34.1 Å². The topological polar surface area (TPSA) is 235 Å². The molecule has 184 valence electrons. The summed E-state index contributed by atoms with van der Waals surface area (Å²) in [6, 6.07) is 4.03. The molecule has 1 atom stereocenters. The molecule has 2 heterocycles. The molecule has 17 heteroatoms. The molecule has 4 rings (SSSR count). The number of benzene rings is 2. The number of H-pyrrole nitrogens is 1. The van der Waals surface area contributed by atoms with Gasteiger partial charge in [0, 0.05) is 23.7 Å². The number of imidazole rings is 1. The van der Waals surface area contributed by atoms with Crippen LogP contribution in [-0.2, 0) is 20.0 Å². The molecule has 0 bridgehead atoms. The third kappa shape index (κ3) is 4.48. The van der Waals surface area contributed by atoms with Crippen molar-refractivity contribution < 1.29 is 21.2 Å². The summed E-state index contributed by atoms with van der Waals surface area (Å²) in [5.74, 6) is -0.650. The van der Waals surface area contributed by atoms with Crippen LogP contribution in [0.5, 0.6) is 0 Å². The van der Waals surface area contributed by atoms with E-state index in [2.05, 4.69) is 36.6 Å². The number of sulfonamides is 2. The number of halogens is 1. The van der Waals surface area contributed by atoms with E-state index in [0.29, 0.717) is 0 Å². The molecule has 0 unspecified atom stereocenters. The second-order valence-corrected chi connectivity index (χ2v) is 10.8. The van der Waals surface area contributed by atoms with Crippen molar-refractivity contribution in [3.63, 3.8) is 0 Å². The predicted molar refractivity (Wildman–Crippen MR) is 121 cm³/mol. The van der Waals surface area contributed by atoms with Crippen molar-refractivity contribution in [3.05, 3.63) is 35.6 Å². The molecule has 0 saturated carbocycles. The molecular weight excluding hydrogens is 491 g/mol. The number of primary sulfonamides is 1. The van der Waals surface area contributed by atoms with Crippen LogP contribution in [0.25, 0.3) is 22.2 Å². The Hall–Kier alpha value is -2.74. The minimum atomic E-state index is -4.65. The van der Waals surface area contributed by atoms with Gasteiger partial charge in [-0.25, -0.2) is 46.9 Å². The van der Waals surface area contributed by atoms with Gasteiger partial charge in [0.05, 0.1) is 11.0 Å². The Morgan fingerprint density at radius 3 is 2.44 bits per heavy atom. The highest BCUT2D eigenvalue weighted by molar-refractivity contribution is 7.92. The van der Waals surface area contributed by atoms with Gasteiger partial charge in [0.25, 0.3) is 0 Å². The Balaban J connectivity index is 2.10. The molecule has 1 saturated heterocycles. The number of aromatic nitrogens is 2. The molecule has 34 heavy (non-hydrogen) atoms. The number of nitrogens with zero attached hydrogens (tertiary/aromatic N) is 1. The van der Waals surface area contributed by atoms with Crippen molar-refractivity contribution in [2.45, 2.75) is 28.9 Å². The molecular formula is C17H23FN10O4S2. The minimum Gasteiger partial charge on any atom is -0.369 e. The fourth-order valence-corrected chi connectivity index (χ4v) is 6.60. The van der Waals surface area contributed by atoms with Gasteiger partial charge in [-0.05, 0) is 30.7 Å². The molecule has 0 amide bonds. The van der Waals surface area contributed by atoms with Crippen molar-refractivity contribution in [1.82, 2.24) is 36.6 Å². The third-order valence-corrected chi connectivity index (χ3v) is 7.86. The predicted octanol–water partition coefficient (Wildman–Crippen LogP) is -1.66. The third-order valence-electron chi connectivity index (χ3n) is 5.09. The zero-order valence-electron chi connectivity index (χ0n) is 17.7. The van der Waals surface area contributed by atoms with Crippen LogP contribution in [0.3, 0.4) is 0 Å². The van der Waals surface area contributed by atoms with E-state index >= 15 is 0 Å². The van der Waals surface area contributed by atoms with E-state index in [-0.39, 0.29) is 40.2 Å². The Bertz CT molecular complexity index is 1470. The number of hydrogen-bond donors (Lipinski definition) is 9. The van der Waals surface area contributed by atoms with Crippen molar-refractivity contribution in [2.24, 2.45) is 10.9 Å². The van der Waals surface area contributed by atoms with Gasteiger partial charge in [-0.1, -0.05) is 6.07 Å². The zero-order valence-corrected chi connectivity index (χ0v) is 19.3. The number of hydrazine groups is 3. The molecule has 1 aromatic heterocycles. The highest BCUT2D eigenvalue weighted by Gasteiger charge is 2.35. The smallest absolute Gasteiger partial charge is 0.242 e. The van der Waals surface area contributed by atoms with Crippen molar-refractivity contribution in [3.8, 4) is 11.1 Å². The summed E-state index contributed by atoms with van der Waals surface area (Å²) in [6.45, 7) is 1.49. The second-order valence-electron chi connectivity index (χ2n) is 7.60. The summed E-state index contributed by atoms with van der Waals surface area (Å²) in [5, 5.41) is 5.52. The highest BCUT2D eigenvalue weighted by atomic mass is 32.2. The Labute approximate surface area is 193 Å². The molecule has 2 aromatic carbocycles. The normalized spacial score (nSPS) is 16.4. The average Bonchev–Trinajstić information content (AvgIpc) is 3.40. The van der Waals surface area contributed by atoms with Crippen LogP contribution in [0.2, 0.25) is 0 Å². The lowest BCUT2D eigenvalue weighted by atomic mass is 9.96. The lowest BCUT2D eigenvalue weighted by Gasteiger charge is -2.22. The molecule has 14 nitrogen and oxygen atoms in total. The van der Waals surface area contributed by atoms with Crippen LogP contribution in [0.4, 0.5) is 10.3 Å². The SMILES string of the molecule is C[C@H](CN)NS(=O)(=O)c1ccc(-c2cc(F)cc3[nH]c(N)nc23)c(C2NNNN2)c1S(N)(=O)=O. The fourth-order valence-electron chi connectivity index (χ4n) is 3.69. The van der Waals surface area contributed by atoms with Crippen LogP contribution < -0.4 is 43.2 Å². The molecule has 1 aliphatic heterocycles. The summed E-state index contributed by atoms with van der Waals surface area (Å²) in [5.41, 5.74) is 22.5. The number of aromatic amines is 1. The number of nitrogen functional groups attached to an aromatic ring is 1. The standard InChI is InChI=1S/C17H23FN10O4S2/c1-7(6-19)26-34(31,32)12-3-2-9(10-4-8(18)5-11-14(10)23-17(20)22-11)13(15(12)33(21,29)30)16-24-27-28-25-16/h2-5,7,16,24-28H,6,19H2,1H3,(H3,20,22,23)(H2,21,29,30)/t7-/m1/s1. The number of nitrogens with two attached hydrogens (primary N) is 3. The van der Waals surface area contributed by atoms with Crippen molar-refractivity contribution in [2.75, 3.05) is 12.3 Å². The monoisotopic (exact) mass is 514 g/mol. The van der Waals surface area contributed by atoms with Crippen LogP contribution in [-0.4, -0.2) is 39.4 Å². The van der Waals surface area contributed by atoms with Gasteiger partial charge in [0.2, 0.25) is 20.0 Å². The molecule has 0 spiro atoms. The first kappa shape index (κ1) is 24.4. The Morgan fingerprint density at radius 2 is 1.82 bits per heavy atom. The zero-order chi connectivity index (χ0) is 24.8. The van der Waals surface area contributed by atoms with E-state index in [1.54, 1.807) is 0 Å². The van der Waals surface area contributed by atoms with E-state index < -0.39 is 47.9 Å². The number of anilines is 1. The Morgan fingerprint density at radius 1 is 1.15 bits per heavy atom. The summed E-state index contributed by atoms with van der Waals surface area (Å²) in [7, 11) is -9.03. The maximum atomic E-state index is 14.5. The molecule has 1 fully saturated rings. The first-order chi connectivity index (χ1) is 15.9. The number of rotatable bonds is 7. The van der Waals surface area contributed by atoms with Gasteiger partial charge in [0.1, 0.15) is 21.8 Å². The maximum absolute atomic E-state index is 14.5. The summed E-state index contributed by atoms with van der Waals surface area (Å²) in [4.78, 5) is 5.59. The van der Waals surface area contributed by atoms with Gasteiger partial charge < -0.3 is 16.5 Å². The lowest BCUT2D eigenvalue weighted by Crippen LogP contribution is -2.39. The summed E-state index contributed by atoms with van der Waals surface area (Å²) >= 11 is 0. The molecule has 12 N–H and O–H groups in total. The van der Waals surface area contributed by atoms with Crippen LogP contribution >= 0.6 is 0 Å². The summed E-state index contributed by atoms with van der Waals surface area (Å²) in [6.07, 6.45) is -1.01. The minimum absolute atomic E-state index is 0.00897. The molecule has 1 aliphatic rings. The first-order valence-electron chi connectivity index (χ1n) is 9.80. The van der Waals surface area contributed by atoms with E-state index in [9.17, 15) is 21.2 Å². The highest BCUT2D eigenvalue weighted by Crippen LogP contribution is 2.39. The van der Waals surface area contributed by atoms with Gasteiger partial charge in [-0.15, -0.1) is 0 Å². The lowest BCUT2D eigenvalue weighted by molar-refractivity contribution is 0.530. The Kier molecular flexibility index (Phi) is 6.31. The van der Waals surface area contributed by atoms with Gasteiger partial charge in [-0.3, -0.25) is 0 Å². The number of nitrogens with one attached hydrogen (secondary N) is 6. The van der Waals surface area contributed by atoms with E-state index in [1.807, 2.05) is 0 Å². The largest absolute Gasteiger partial charge is 0.369 e. The summed E-state index contributed by atoms with van der Waals surface area (Å²) < 4.78 is 68.6. The van der Waals surface area contributed by atoms with Crippen molar-refractivity contribution in [1.29, 1.82) is 0 Å². The maximum Gasteiger partial charge on any atom is 0.242 e. The second kappa shape index (κ2) is 8.80. The van der Waals surface area contributed by atoms with Gasteiger partial charge in [-0.2, -0.15) is 11.1 Å². The van der Waals surface area contributed by atoms with Gasteiger partial charge >= 0.3 is 0 Å². The van der Waals surface area contributed by atoms with E-state index in [1.165, 1.54) is 19.1 Å². The molecule has 0 radical (unpaired) electrons. The molecule has 3 aromatic rings. The van der Waals surface area contributed by atoms with Gasteiger partial charge in [0.15, 0.2) is 5.95 Å².